The molecule has 1 aromatic carbocycles. The molecule has 1 unspecified atom stereocenters. The van der Waals surface area contributed by atoms with Crippen LogP contribution in [0.25, 0.3) is 0 Å². The zero-order valence-electron chi connectivity index (χ0n) is 18.9. The van der Waals surface area contributed by atoms with Crippen LogP contribution in [0.15, 0.2) is 29.4 Å². The van der Waals surface area contributed by atoms with Gasteiger partial charge in [-0.25, -0.2) is 26.3 Å². The molecule has 1 amide bonds. The highest BCUT2D eigenvalue weighted by atomic mass is 19.3. The fourth-order valence-electron chi connectivity index (χ4n) is 3.97. The van der Waals surface area contributed by atoms with Gasteiger partial charge in [0.15, 0.2) is 23.5 Å². The molecule has 2 aromatic rings. The van der Waals surface area contributed by atoms with E-state index in [-0.39, 0.29) is 6.61 Å². The number of oxime groups is 1. The second kappa shape index (κ2) is 11.2. The Morgan fingerprint density at radius 3 is 2.42 bits per heavy atom. The molecule has 1 aromatic heterocycles. The number of amides is 1. The van der Waals surface area contributed by atoms with Crippen molar-refractivity contribution in [3.05, 3.63) is 47.3 Å². The third-order valence-electron chi connectivity index (χ3n) is 5.82. The van der Waals surface area contributed by atoms with Crippen LogP contribution >= 0.6 is 0 Å². The van der Waals surface area contributed by atoms with Crippen LogP contribution in [-0.4, -0.2) is 76.6 Å². The van der Waals surface area contributed by atoms with Gasteiger partial charge < -0.3 is 14.5 Å². The molecule has 0 aliphatic carbocycles. The van der Waals surface area contributed by atoms with Gasteiger partial charge in [-0.3, -0.25) is 14.4 Å². The van der Waals surface area contributed by atoms with E-state index in [0.717, 1.165) is 12.1 Å². The number of ether oxygens (including phenoxy) is 1. The Hall–Kier alpha value is -3.29. The predicted molar refractivity (Wildman–Crippen MR) is 114 cm³/mol. The second-order valence-corrected chi connectivity index (χ2v) is 8.36. The van der Waals surface area contributed by atoms with Crippen molar-refractivity contribution in [3.8, 4) is 5.75 Å². The van der Waals surface area contributed by atoms with Gasteiger partial charge >= 0.3 is 0 Å². The van der Waals surface area contributed by atoms with Gasteiger partial charge in [-0.15, -0.1) is 0 Å². The minimum absolute atomic E-state index is 0.0888. The molecule has 3 heterocycles. The molecule has 196 valence electrons. The largest absolute Gasteiger partial charge is 0.484 e. The molecule has 1 fully saturated rings. The van der Waals surface area contributed by atoms with Crippen molar-refractivity contribution < 1.29 is 40.7 Å². The van der Waals surface area contributed by atoms with Crippen LogP contribution in [0.5, 0.6) is 5.75 Å². The number of piperazine rings is 1. The van der Waals surface area contributed by atoms with Gasteiger partial charge in [-0.1, -0.05) is 11.2 Å². The number of rotatable bonds is 9. The summed E-state index contributed by atoms with van der Waals surface area (Å²) in [5.74, 6) is -2.60. The third-order valence-corrected chi connectivity index (χ3v) is 5.82. The number of alkyl halides is 4. The molecule has 0 bridgehead atoms. The molecule has 1 saturated heterocycles. The maximum Gasteiger partial charge on any atom is 0.282 e. The van der Waals surface area contributed by atoms with E-state index in [1.807, 2.05) is 4.90 Å². The zero-order chi connectivity index (χ0) is 25.8. The molecular weight excluding hydrogens is 496 g/mol. The Morgan fingerprint density at radius 1 is 1.08 bits per heavy atom. The van der Waals surface area contributed by atoms with Gasteiger partial charge in [0.1, 0.15) is 24.5 Å². The van der Waals surface area contributed by atoms with Crippen LogP contribution in [0.3, 0.4) is 0 Å². The maximum atomic E-state index is 13.7. The molecule has 2 aliphatic heterocycles. The van der Waals surface area contributed by atoms with Crippen LogP contribution in [0.1, 0.15) is 30.7 Å². The van der Waals surface area contributed by atoms with E-state index in [2.05, 4.69) is 10.3 Å². The van der Waals surface area contributed by atoms with Gasteiger partial charge in [-0.05, 0) is 18.2 Å². The van der Waals surface area contributed by atoms with Gasteiger partial charge in [0.2, 0.25) is 5.91 Å². The maximum absolute atomic E-state index is 13.7. The van der Waals surface area contributed by atoms with Crippen LogP contribution in [0.2, 0.25) is 0 Å². The van der Waals surface area contributed by atoms with Crippen molar-refractivity contribution in [2.24, 2.45) is 5.16 Å². The second-order valence-electron chi connectivity index (χ2n) is 8.36. The number of hydrogen-bond acceptors (Lipinski definition) is 6. The highest BCUT2D eigenvalue weighted by Crippen LogP contribution is 2.25. The standard InChI is InChI=1S/C22H23F6N5O3/c23-15-2-1-3-16(24)20(15)35-12-14-8-13(30-36-14)10-31-4-6-32(7-5-31)19(34)11-33-18(22(27)28)9-17(29-33)21(25)26/h1-3,9,14,21-22H,4-8,10-12H2. The molecule has 1 atom stereocenters. The lowest BCUT2D eigenvalue weighted by molar-refractivity contribution is -0.133. The number of benzene rings is 1. The van der Waals surface area contributed by atoms with Crippen LogP contribution in [0.4, 0.5) is 26.3 Å². The molecule has 0 radical (unpaired) electrons. The number of halogens is 6. The van der Waals surface area contributed by atoms with E-state index in [1.165, 1.54) is 11.0 Å². The summed E-state index contributed by atoms with van der Waals surface area (Å²) in [6.45, 7) is 1.34. The van der Waals surface area contributed by atoms with Crippen molar-refractivity contribution in [2.75, 3.05) is 39.3 Å². The lowest BCUT2D eigenvalue weighted by Crippen LogP contribution is -2.50. The zero-order valence-corrected chi connectivity index (χ0v) is 18.9. The van der Waals surface area contributed by atoms with Gasteiger partial charge in [0.25, 0.3) is 12.9 Å². The number of aromatic nitrogens is 2. The first-order valence-corrected chi connectivity index (χ1v) is 11.1. The Balaban J connectivity index is 1.21. The smallest absolute Gasteiger partial charge is 0.282 e. The molecule has 36 heavy (non-hydrogen) atoms. The molecule has 2 aliphatic rings. The summed E-state index contributed by atoms with van der Waals surface area (Å²) < 4.78 is 85.1. The molecular formula is C22H23F6N5O3. The SMILES string of the molecule is O=C(Cn1nc(C(F)F)cc1C(F)F)N1CCN(CC2=NOC(COc3c(F)cccc3F)C2)CC1. The first kappa shape index (κ1) is 25.8. The van der Waals surface area contributed by atoms with Crippen molar-refractivity contribution >= 4 is 11.6 Å². The van der Waals surface area contributed by atoms with E-state index < -0.39 is 60.2 Å². The highest BCUT2D eigenvalue weighted by molar-refractivity contribution is 5.87. The van der Waals surface area contributed by atoms with Gasteiger partial charge in [0.05, 0.1) is 5.71 Å². The summed E-state index contributed by atoms with van der Waals surface area (Å²) in [5, 5.41) is 7.45. The summed E-state index contributed by atoms with van der Waals surface area (Å²) in [6.07, 6.45) is -6.16. The van der Waals surface area contributed by atoms with Crippen LogP contribution in [0, 0.1) is 11.6 Å². The third kappa shape index (κ3) is 6.09. The Morgan fingerprint density at radius 2 is 1.78 bits per heavy atom. The molecule has 0 spiro atoms. The average molecular weight is 519 g/mol. The summed E-state index contributed by atoms with van der Waals surface area (Å²) in [4.78, 5) is 21.3. The minimum Gasteiger partial charge on any atom is -0.484 e. The average Bonchev–Trinajstić information content (AvgIpc) is 3.46. The molecule has 8 nitrogen and oxygen atoms in total. The quantitative estimate of drug-likeness (QED) is 0.475. The fraction of sp³-hybridized carbons (Fsp3) is 0.500. The van der Waals surface area contributed by atoms with E-state index in [1.54, 1.807) is 0 Å². The van der Waals surface area contributed by atoms with E-state index in [4.69, 9.17) is 9.57 Å². The van der Waals surface area contributed by atoms with Crippen molar-refractivity contribution in [1.29, 1.82) is 0 Å². The van der Waals surface area contributed by atoms with Crippen molar-refractivity contribution in [2.45, 2.75) is 31.9 Å². The van der Waals surface area contributed by atoms with E-state index in [9.17, 15) is 31.1 Å². The topological polar surface area (TPSA) is 72.2 Å². The molecule has 4 rings (SSSR count). The minimum atomic E-state index is -3.04. The van der Waals surface area contributed by atoms with Crippen molar-refractivity contribution in [1.82, 2.24) is 19.6 Å². The van der Waals surface area contributed by atoms with Crippen LogP contribution in [-0.2, 0) is 16.2 Å². The number of nitrogens with zero attached hydrogens (tertiary/aromatic N) is 5. The number of para-hydroxylation sites is 1. The summed E-state index contributed by atoms with van der Waals surface area (Å²) in [5.41, 5.74) is -0.826. The highest BCUT2D eigenvalue weighted by Gasteiger charge is 2.28. The Kier molecular flexibility index (Phi) is 8.01. The van der Waals surface area contributed by atoms with Gasteiger partial charge in [-0.2, -0.15) is 5.10 Å². The number of carbonyl (C=O) groups excluding carboxylic acids is 1. The molecule has 14 heteroatoms. The van der Waals surface area contributed by atoms with Gasteiger partial charge in [0, 0.05) is 39.1 Å². The molecule has 0 N–H and O–H groups in total. The Bertz CT molecular complexity index is 1080. The van der Waals surface area contributed by atoms with Crippen LogP contribution < -0.4 is 4.74 Å². The van der Waals surface area contributed by atoms with E-state index >= 15 is 0 Å². The van der Waals surface area contributed by atoms with Crippen molar-refractivity contribution in [3.63, 3.8) is 0 Å². The summed E-state index contributed by atoms with van der Waals surface area (Å²) in [6, 6.07) is 4.02. The first-order chi connectivity index (χ1) is 17.2. The van der Waals surface area contributed by atoms with E-state index in [0.29, 0.717) is 55.6 Å². The molecule has 0 saturated carbocycles. The lowest BCUT2D eigenvalue weighted by Gasteiger charge is -2.34. The summed E-state index contributed by atoms with van der Waals surface area (Å²) >= 11 is 0. The normalized spacial score (nSPS) is 18.6. The first-order valence-electron chi connectivity index (χ1n) is 11.1. The number of carbonyl (C=O) groups is 1. The monoisotopic (exact) mass is 519 g/mol. The Labute approximate surface area is 202 Å². The summed E-state index contributed by atoms with van der Waals surface area (Å²) in [7, 11) is 0. The predicted octanol–water partition coefficient (Wildman–Crippen LogP) is 3.40. The number of hydrogen-bond donors (Lipinski definition) is 0. The fourth-order valence-corrected chi connectivity index (χ4v) is 3.97. The lowest BCUT2D eigenvalue weighted by atomic mass is 10.1.